The van der Waals surface area contributed by atoms with E-state index in [1.54, 1.807) is 13.2 Å². The molecule has 6 nitrogen and oxygen atoms in total. The molecule has 0 spiro atoms. The summed E-state index contributed by atoms with van der Waals surface area (Å²) in [7, 11) is 1.57. The minimum absolute atomic E-state index is 0.0304. The van der Waals surface area contributed by atoms with Crippen LogP contribution in [-0.4, -0.2) is 30.1 Å². The van der Waals surface area contributed by atoms with Crippen molar-refractivity contribution >= 4 is 16.9 Å². The summed E-state index contributed by atoms with van der Waals surface area (Å²) in [6, 6.07) is 5.55. The van der Waals surface area contributed by atoms with Gasteiger partial charge in [-0.2, -0.15) is 0 Å². The summed E-state index contributed by atoms with van der Waals surface area (Å²) in [6.07, 6.45) is 2.38. The maximum atomic E-state index is 12.6. The van der Waals surface area contributed by atoms with Gasteiger partial charge in [-0.25, -0.2) is 4.79 Å². The van der Waals surface area contributed by atoms with Gasteiger partial charge in [-0.3, -0.25) is 4.79 Å². The quantitative estimate of drug-likeness (QED) is 0.751. The van der Waals surface area contributed by atoms with Gasteiger partial charge in [0, 0.05) is 40.6 Å². The first-order chi connectivity index (χ1) is 13.5. The van der Waals surface area contributed by atoms with Gasteiger partial charge in [-0.05, 0) is 71.6 Å². The summed E-state index contributed by atoms with van der Waals surface area (Å²) in [6.45, 7) is 10.5. The number of hydrogen-bond acceptors (Lipinski definition) is 5. The van der Waals surface area contributed by atoms with Crippen molar-refractivity contribution in [2.45, 2.75) is 77.4 Å². The number of rotatable bonds is 5. The van der Waals surface area contributed by atoms with Crippen LogP contribution in [0.1, 0.15) is 58.1 Å². The number of nitrogens with one attached hydrogen (secondary N) is 2. The van der Waals surface area contributed by atoms with Gasteiger partial charge in [0.25, 0.3) is 0 Å². The number of piperidine rings is 1. The molecule has 0 unspecified atom stereocenters. The van der Waals surface area contributed by atoms with Crippen molar-refractivity contribution in [2.75, 3.05) is 7.11 Å². The molecule has 2 heterocycles. The number of carbonyl (C=O) groups is 1. The van der Waals surface area contributed by atoms with Gasteiger partial charge in [-0.15, -0.1) is 0 Å². The first-order valence-corrected chi connectivity index (χ1v) is 10.2. The van der Waals surface area contributed by atoms with E-state index in [2.05, 4.69) is 38.3 Å². The van der Waals surface area contributed by atoms with Crippen LogP contribution in [0.3, 0.4) is 0 Å². The molecule has 158 valence electrons. The molecule has 2 aromatic rings. The van der Waals surface area contributed by atoms with Gasteiger partial charge in [0.2, 0.25) is 5.91 Å². The zero-order valence-electron chi connectivity index (χ0n) is 18.3. The van der Waals surface area contributed by atoms with Gasteiger partial charge in [0.15, 0.2) is 0 Å². The molecule has 1 fully saturated rings. The Hall–Kier alpha value is -2.34. The van der Waals surface area contributed by atoms with Crippen LogP contribution in [0.5, 0.6) is 5.75 Å². The summed E-state index contributed by atoms with van der Waals surface area (Å²) < 4.78 is 10.7. The number of fused-ring (bicyclic) bond motifs is 1. The molecule has 0 bridgehead atoms. The molecule has 0 radical (unpaired) electrons. The molecule has 29 heavy (non-hydrogen) atoms. The molecule has 1 aromatic carbocycles. The lowest BCUT2D eigenvalue weighted by Gasteiger charge is -2.46. The Morgan fingerprint density at radius 3 is 2.52 bits per heavy atom. The van der Waals surface area contributed by atoms with Crippen LogP contribution in [0, 0.1) is 6.92 Å². The number of amides is 1. The second-order valence-corrected chi connectivity index (χ2v) is 9.42. The monoisotopic (exact) mass is 400 g/mol. The Balaban J connectivity index is 1.70. The van der Waals surface area contributed by atoms with Crippen molar-refractivity contribution in [2.24, 2.45) is 0 Å². The maximum absolute atomic E-state index is 12.6. The van der Waals surface area contributed by atoms with E-state index < -0.39 is 0 Å². The van der Waals surface area contributed by atoms with Gasteiger partial charge in [0.1, 0.15) is 11.3 Å². The van der Waals surface area contributed by atoms with E-state index in [9.17, 15) is 9.59 Å². The van der Waals surface area contributed by atoms with Crippen molar-refractivity contribution in [3.8, 4) is 5.75 Å². The van der Waals surface area contributed by atoms with E-state index in [0.29, 0.717) is 23.3 Å². The van der Waals surface area contributed by atoms with Crippen LogP contribution < -0.4 is 21.0 Å². The molecule has 1 saturated heterocycles. The molecule has 0 saturated carbocycles. The van der Waals surface area contributed by atoms with Crippen LogP contribution >= 0.6 is 0 Å². The normalized spacial score (nSPS) is 18.6. The number of ether oxygens (including phenoxy) is 1. The highest BCUT2D eigenvalue weighted by molar-refractivity contribution is 5.82. The zero-order valence-corrected chi connectivity index (χ0v) is 18.3. The van der Waals surface area contributed by atoms with Crippen molar-refractivity contribution in [3.63, 3.8) is 0 Å². The van der Waals surface area contributed by atoms with E-state index in [0.717, 1.165) is 23.8 Å². The van der Waals surface area contributed by atoms with Gasteiger partial charge in [-0.1, -0.05) is 0 Å². The Labute approximate surface area is 172 Å². The highest BCUT2D eigenvalue weighted by Crippen LogP contribution is 2.29. The van der Waals surface area contributed by atoms with Crippen molar-refractivity contribution < 1.29 is 13.9 Å². The predicted octanol–water partition coefficient (Wildman–Crippen LogP) is 3.47. The van der Waals surface area contributed by atoms with Gasteiger partial charge >= 0.3 is 5.63 Å². The molecule has 1 aromatic heterocycles. The first-order valence-electron chi connectivity index (χ1n) is 10.2. The minimum Gasteiger partial charge on any atom is -0.497 e. The topological polar surface area (TPSA) is 80.6 Å². The lowest BCUT2D eigenvalue weighted by Crippen LogP contribution is -2.62. The Bertz CT molecular complexity index is 959. The van der Waals surface area contributed by atoms with E-state index in [1.165, 1.54) is 0 Å². The lowest BCUT2D eigenvalue weighted by atomic mass is 9.79. The summed E-state index contributed by atoms with van der Waals surface area (Å²) in [5, 5.41) is 7.65. The number of hydrogen-bond donors (Lipinski definition) is 2. The summed E-state index contributed by atoms with van der Waals surface area (Å²) in [5.41, 5.74) is 1.46. The number of aryl methyl sites for hydroxylation is 1. The summed E-state index contributed by atoms with van der Waals surface area (Å²) >= 11 is 0. The Morgan fingerprint density at radius 2 is 1.90 bits per heavy atom. The molecule has 0 atom stereocenters. The summed E-state index contributed by atoms with van der Waals surface area (Å²) in [4.78, 5) is 25.1. The van der Waals surface area contributed by atoms with Crippen LogP contribution in [0.4, 0.5) is 0 Å². The van der Waals surface area contributed by atoms with Crippen LogP contribution in [0.25, 0.3) is 11.0 Å². The van der Waals surface area contributed by atoms with Gasteiger partial charge < -0.3 is 19.8 Å². The summed E-state index contributed by atoms with van der Waals surface area (Å²) in [5.74, 6) is 0.608. The Kier molecular flexibility index (Phi) is 5.77. The third kappa shape index (κ3) is 4.99. The van der Waals surface area contributed by atoms with E-state index in [4.69, 9.17) is 9.15 Å². The van der Waals surface area contributed by atoms with E-state index in [1.807, 2.05) is 19.1 Å². The molecule has 6 heteroatoms. The fraction of sp³-hybridized carbons (Fsp3) is 0.565. The maximum Gasteiger partial charge on any atom is 0.339 e. The molecular weight excluding hydrogens is 368 g/mol. The SMILES string of the molecule is COc1ccc2c(C)c(CCC(=O)NC3CC(C)(C)NC(C)(C)C3)c(=O)oc2c1. The third-order valence-electron chi connectivity index (χ3n) is 5.65. The average molecular weight is 401 g/mol. The number of methoxy groups -OCH3 is 1. The fourth-order valence-corrected chi connectivity index (χ4v) is 4.75. The number of benzene rings is 1. The van der Waals surface area contributed by atoms with Crippen LogP contribution in [0.2, 0.25) is 0 Å². The number of carbonyl (C=O) groups excluding carboxylic acids is 1. The van der Waals surface area contributed by atoms with Gasteiger partial charge in [0.05, 0.1) is 7.11 Å². The van der Waals surface area contributed by atoms with E-state index in [-0.39, 0.29) is 35.1 Å². The zero-order chi connectivity index (χ0) is 21.4. The fourth-order valence-electron chi connectivity index (χ4n) is 4.75. The Morgan fingerprint density at radius 1 is 1.24 bits per heavy atom. The van der Waals surface area contributed by atoms with Crippen molar-refractivity contribution in [3.05, 3.63) is 39.7 Å². The minimum atomic E-state index is -0.389. The molecule has 0 aliphatic carbocycles. The predicted molar refractivity (Wildman–Crippen MR) is 115 cm³/mol. The van der Waals surface area contributed by atoms with E-state index >= 15 is 0 Å². The van der Waals surface area contributed by atoms with Crippen LogP contribution in [0.15, 0.2) is 27.4 Å². The largest absolute Gasteiger partial charge is 0.497 e. The van der Waals surface area contributed by atoms with Crippen molar-refractivity contribution in [1.82, 2.24) is 10.6 Å². The lowest BCUT2D eigenvalue weighted by molar-refractivity contribution is -0.122. The molecule has 2 N–H and O–H groups in total. The molecule has 1 amide bonds. The second-order valence-electron chi connectivity index (χ2n) is 9.42. The highest BCUT2D eigenvalue weighted by atomic mass is 16.5. The van der Waals surface area contributed by atoms with Crippen molar-refractivity contribution in [1.29, 1.82) is 0 Å². The second kappa shape index (κ2) is 7.82. The van der Waals surface area contributed by atoms with Crippen LogP contribution in [-0.2, 0) is 11.2 Å². The molecule has 3 rings (SSSR count). The third-order valence-corrected chi connectivity index (χ3v) is 5.65. The molecular formula is C23H32N2O4. The highest BCUT2D eigenvalue weighted by Gasteiger charge is 2.38. The first kappa shape index (κ1) is 21.4. The average Bonchev–Trinajstić information content (AvgIpc) is 2.58. The standard InChI is InChI=1S/C23H32N2O4/c1-14-17-8-7-16(28-6)11-19(17)29-21(27)18(14)9-10-20(26)24-15-12-22(2,3)25-23(4,5)13-15/h7-8,11,15,25H,9-10,12-13H2,1-6H3,(H,24,26). The molecule has 1 aliphatic heterocycles. The smallest absolute Gasteiger partial charge is 0.339 e. The molecule has 1 aliphatic rings.